The molecule has 10 heteroatoms. The second-order valence-corrected chi connectivity index (χ2v) is 10.0. The van der Waals surface area contributed by atoms with E-state index in [1.54, 1.807) is 13.8 Å². The summed E-state index contributed by atoms with van der Waals surface area (Å²) in [6.07, 6.45) is 0. The highest BCUT2D eigenvalue weighted by Crippen LogP contribution is 2.42. The van der Waals surface area contributed by atoms with Crippen molar-refractivity contribution in [1.29, 1.82) is 0 Å². The first-order chi connectivity index (χ1) is 18.8. The average molecular weight is 544 g/mol. The van der Waals surface area contributed by atoms with Gasteiger partial charge in [0.05, 0.1) is 56.7 Å². The molecule has 0 amide bonds. The third kappa shape index (κ3) is 6.81. The van der Waals surface area contributed by atoms with Crippen LogP contribution in [0.3, 0.4) is 0 Å². The lowest BCUT2D eigenvalue weighted by Crippen LogP contribution is -2.36. The van der Waals surface area contributed by atoms with E-state index in [1.807, 2.05) is 26.0 Å². The molecule has 3 heterocycles. The molecular formula is C29H41N3O7. The molecule has 39 heavy (non-hydrogen) atoms. The first-order valence-electron chi connectivity index (χ1n) is 13.8. The summed E-state index contributed by atoms with van der Waals surface area (Å²) in [5.74, 6) is -1.45. The number of rotatable bonds is 9. The van der Waals surface area contributed by atoms with Crippen molar-refractivity contribution in [2.75, 3.05) is 65.8 Å². The molecule has 3 aliphatic rings. The molecule has 0 aliphatic carbocycles. The molecule has 0 aromatic heterocycles. The molecule has 0 saturated carbocycles. The zero-order valence-electron chi connectivity index (χ0n) is 23.5. The quantitative estimate of drug-likeness (QED) is 0.451. The van der Waals surface area contributed by atoms with Crippen LogP contribution in [0.2, 0.25) is 0 Å². The van der Waals surface area contributed by atoms with Gasteiger partial charge in [-0.15, -0.1) is 0 Å². The second kappa shape index (κ2) is 13.4. The lowest BCUT2D eigenvalue weighted by molar-refractivity contribution is -0.139. The molecular weight excluding hydrogens is 502 g/mol. The van der Waals surface area contributed by atoms with Gasteiger partial charge in [-0.05, 0) is 45.4 Å². The summed E-state index contributed by atoms with van der Waals surface area (Å²) in [4.78, 5) is 31.1. The van der Waals surface area contributed by atoms with Crippen LogP contribution in [0.15, 0.2) is 34.7 Å². The lowest BCUT2D eigenvalue weighted by Gasteiger charge is -2.32. The van der Waals surface area contributed by atoms with E-state index >= 15 is 0 Å². The van der Waals surface area contributed by atoms with Gasteiger partial charge in [-0.25, -0.2) is 9.59 Å². The Balaban J connectivity index is 1.84. The zero-order valence-corrected chi connectivity index (χ0v) is 23.5. The average Bonchev–Trinajstić information content (AvgIpc) is 2.91. The molecule has 0 unspecified atom stereocenters. The standard InChI is InChI=1S/C29H41N3O7/c1-5-38-28(34)24-19(3)30-20(4)25(29(35)39-6-2)26(24)21-15-22(17-31-7-11-36-12-8-31)27(33)23(16-21)18-32-9-13-37-14-10-32/h15-16,26,30,33H,5-14,17-18H2,1-4H3. The van der Waals surface area contributed by atoms with Gasteiger partial charge < -0.3 is 29.4 Å². The Morgan fingerprint density at radius 2 is 1.26 bits per heavy atom. The molecule has 1 aromatic carbocycles. The van der Waals surface area contributed by atoms with E-state index in [9.17, 15) is 14.7 Å². The number of esters is 2. The molecule has 4 rings (SSSR count). The number of allylic oxidation sites excluding steroid dienone is 2. The number of hydrogen-bond acceptors (Lipinski definition) is 10. The Morgan fingerprint density at radius 3 is 1.64 bits per heavy atom. The van der Waals surface area contributed by atoms with Crippen molar-refractivity contribution in [2.24, 2.45) is 0 Å². The molecule has 214 valence electrons. The van der Waals surface area contributed by atoms with Gasteiger partial charge in [0.15, 0.2) is 0 Å². The van der Waals surface area contributed by atoms with Crippen LogP contribution < -0.4 is 5.32 Å². The van der Waals surface area contributed by atoms with Gasteiger partial charge in [0.25, 0.3) is 0 Å². The first-order valence-corrected chi connectivity index (χ1v) is 13.8. The molecule has 0 spiro atoms. The predicted octanol–water partition coefficient (Wildman–Crippen LogP) is 2.42. The molecule has 2 fully saturated rings. The SMILES string of the molecule is CCOC(=O)C1=C(C)NC(C)=C(C(=O)OCC)C1c1cc(CN2CCOCC2)c(O)c(CN2CCOCC2)c1. The van der Waals surface area contributed by atoms with E-state index in [-0.39, 0.29) is 19.0 Å². The number of benzene rings is 1. The van der Waals surface area contributed by atoms with Crippen LogP contribution in [-0.4, -0.2) is 92.7 Å². The topological polar surface area (TPSA) is 110 Å². The molecule has 3 aliphatic heterocycles. The van der Waals surface area contributed by atoms with Gasteiger partial charge in [0.2, 0.25) is 0 Å². The van der Waals surface area contributed by atoms with Gasteiger partial charge in [-0.2, -0.15) is 0 Å². The highest BCUT2D eigenvalue weighted by Gasteiger charge is 2.38. The van der Waals surface area contributed by atoms with Gasteiger partial charge >= 0.3 is 11.9 Å². The number of ether oxygens (including phenoxy) is 4. The summed E-state index contributed by atoms with van der Waals surface area (Å²) in [6.45, 7) is 14.2. The van der Waals surface area contributed by atoms with Crippen molar-refractivity contribution in [3.05, 3.63) is 51.4 Å². The summed E-state index contributed by atoms with van der Waals surface area (Å²) in [5.41, 5.74) is 4.22. The Labute approximate surface area is 230 Å². The number of morpholine rings is 2. The van der Waals surface area contributed by atoms with Gasteiger partial charge in [0.1, 0.15) is 5.75 Å². The molecule has 0 bridgehead atoms. The predicted molar refractivity (Wildman–Crippen MR) is 145 cm³/mol. The fourth-order valence-electron chi connectivity index (χ4n) is 5.48. The monoisotopic (exact) mass is 543 g/mol. The van der Waals surface area contributed by atoms with E-state index in [1.165, 1.54) is 0 Å². The Morgan fingerprint density at radius 1 is 0.846 bits per heavy atom. The number of nitrogens with zero attached hydrogens (tertiary/aromatic N) is 2. The number of phenolic OH excluding ortho intramolecular Hbond substituents is 1. The third-order valence-electron chi connectivity index (χ3n) is 7.37. The maximum atomic E-state index is 13.3. The zero-order chi connectivity index (χ0) is 27.9. The molecule has 0 atom stereocenters. The highest BCUT2D eigenvalue weighted by atomic mass is 16.5. The van der Waals surface area contributed by atoms with Crippen molar-refractivity contribution in [3.8, 4) is 5.75 Å². The normalized spacial score (nSPS) is 19.7. The van der Waals surface area contributed by atoms with Crippen LogP contribution in [0.5, 0.6) is 5.75 Å². The smallest absolute Gasteiger partial charge is 0.336 e. The highest BCUT2D eigenvalue weighted by molar-refractivity contribution is 6.00. The molecule has 10 nitrogen and oxygen atoms in total. The minimum absolute atomic E-state index is 0.208. The van der Waals surface area contributed by atoms with Crippen LogP contribution >= 0.6 is 0 Å². The maximum Gasteiger partial charge on any atom is 0.336 e. The van der Waals surface area contributed by atoms with Gasteiger partial charge in [-0.3, -0.25) is 9.80 Å². The van der Waals surface area contributed by atoms with E-state index in [0.717, 1.165) is 42.9 Å². The number of carbonyl (C=O) groups excluding carboxylic acids is 2. The van der Waals surface area contributed by atoms with E-state index < -0.39 is 17.9 Å². The summed E-state index contributed by atoms with van der Waals surface area (Å²) in [7, 11) is 0. The van der Waals surface area contributed by atoms with Gasteiger partial charge in [0, 0.05) is 61.8 Å². The molecule has 2 N–H and O–H groups in total. The molecule has 2 saturated heterocycles. The van der Waals surface area contributed by atoms with Crippen LogP contribution in [0.25, 0.3) is 0 Å². The van der Waals surface area contributed by atoms with Crippen molar-refractivity contribution >= 4 is 11.9 Å². The third-order valence-corrected chi connectivity index (χ3v) is 7.37. The minimum Gasteiger partial charge on any atom is -0.507 e. The van der Waals surface area contributed by atoms with Crippen molar-refractivity contribution in [1.82, 2.24) is 15.1 Å². The number of phenols is 1. The largest absolute Gasteiger partial charge is 0.507 e. The summed E-state index contributed by atoms with van der Waals surface area (Å²) < 4.78 is 21.9. The molecule has 1 aromatic rings. The van der Waals surface area contributed by atoms with E-state index in [2.05, 4.69) is 15.1 Å². The number of nitrogens with one attached hydrogen (secondary N) is 1. The number of carbonyl (C=O) groups is 2. The van der Waals surface area contributed by atoms with Crippen LogP contribution in [-0.2, 0) is 41.6 Å². The fraction of sp³-hybridized carbons (Fsp3) is 0.586. The Bertz CT molecular complexity index is 1040. The minimum atomic E-state index is -0.711. The number of dihydropyridines is 1. The van der Waals surface area contributed by atoms with E-state index in [0.29, 0.717) is 62.1 Å². The number of hydrogen-bond donors (Lipinski definition) is 2. The Hall–Kier alpha value is -2.92. The van der Waals surface area contributed by atoms with Crippen LogP contribution in [0.4, 0.5) is 0 Å². The first kappa shape index (κ1) is 29.1. The summed E-state index contributed by atoms with van der Waals surface area (Å²) in [5, 5.41) is 14.7. The van der Waals surface area contributed by atoms with Crippen LogP contribution in [0.1, 0.15) is 50.3 Å². The van der Waals surface area contributed by atoms with Gasteiger partial charge in [-0.1, -0.05) is 0 Å². The summed E-state index contributed by atoms with van der Waals surface area (Å²) in [6, 6.07) is 3.84. The van der Waals surface area contributed by atoms with Crippen LogP contribution in [0, 0.1) is 0 Å². The van der Waals surface area contributed by atoms with Crippen molar-refractivity contribution < 1.29 is 33.6 Å². The Kier molecular flexibility index (Phi) is 10.0. The fourth-order valence-corrected chi connectivity index (χ4v) is 5.48. The lowest BCUT2D eigenvalue weighted by atomic mass is 9.79. The molecule has 0 radical (unpaired) electrons. The summed E-state index contributed by atoms with van der Waals surface area (Å²) >= 11 is 0. The number of aromatic hydroxyl groups is 1. The van der Waals surface area contributed by atoms with Crippen molar-refractivity contribution in [3.63, 3.8) is 0 Å². The van der Waals surface area contributed by atoms with E-state index in [4.69, 9.17) is 18.9 Å². The van der Waals surface area contributed by atoms with Crippen molar-refractivity contribution in [2.45, 2.75) is 46.7 Å². The maximum absolute atomic E-state index is 13.3. The second-order valence-electron chi connectivity index (χ2n) is 10.0.